The third-order valence-electron chi connectivity index (χ3n) is 3.72. The number of carbonyl (C=O) groups excluding carboxylic acids is 1. The minimum absolute atomic E-state index is 0. The zero-order chi connectivity index (χ0) is 13.8. The van der Waals surface area contributed by atoms with E-state index in [-0.39, 0.29) is 30.3 Å². The van der Waals surface area contributed by atoms with E-state index in [2.05, 4.69) is 5.32 Å². The first-order valence-electron chi connectivity index (χ1n) is 6.84. The van der Waals surface area contributed by atoms with Gasteiger partial charge in [0, 0.05) is 24.0 Å². The highest BCUT2D eigenvalue weighted by Crippen LogP contribution is 2.33. The molecule has 5 heteroatoms. The topological polar surface area (TPSA) is 32.3 Å². The number of benzene rings is 1. The van der Waals surface area contributed by atoms with Crippen LogP contribution in [0.15, 0.2) is 24.3 Å². The van der Waals surface area contributed by atoms with Crippen LogP contribution < -0.4 is 5.32 Å². The summed E-state index contributed by atoms with van der Waals surface area (Å²) in [7, 11) is 1.88. The van der Waals surface area contributed by atoms with Crippen molar-refractivity contribution in [3.05, 3.63) is 34.9 Å². The van der Waals surface area contributed by atoms with Crippen molar-refractivity contribution < 1.29 is 4.79 Å². The van der Waals surface area contributed by atoms with Gasteiger partial charge in [-0.05, 0) is 37.6 Å². The summed E-state index contributed by atoms with van der Waals surface area (Å²) in [6.45, 7) is 3.57. The Morgan fingerprint density at radius 3 is 2.70 bits per heavy atom. The van der Waals surface area contributed by atoms with E-state index in [1.54, 1.807) is 0 Å². The van der Waals surface area contributed by atoms with Crippen molar-refractivity contribution in [1.82, 2.24) is 10.2 Å². The minimum atomic E-state index is 0. The Kier molecular flexibility index (Phi) is 6.80. The maximum absolute atomic E-state index is 12.4. The minimum Gasteiger partial charge on any atom is -0.335 e. The maximum atomic E-state index is 12.4. The molecule has 20 heavy (non-hydrogen) atoms. The molecular formula is C15H22Cl2N2O. The van der Waals surface area contributed by atoms with Gasteiger partial charge in [0.25, 0.3) is 0 Å². The molecule has 0 aromatic heterocycles. The largest absolute Gasteiger partial charge is 0.335 e. The Morgan fingerprint density at radius 1 is 1.45 bits per heavy atom. The quantitative estimate of drug-likeness (QED) is 0.924. The van der Waals surface area contributed by atoms with Crippen molar-refractivity contribution in [3.8, 4) is 0 Å². The molecule has 1 aliphatic rings. The average molecular weight is 317 g/mol. The zero-order valence-electron chi connectivity index (χ0n) is 11.9. The summed E-state index contributed by atoms with van der Waals surface area (Å²) in [5, 5.41) is 3.81. The fourth-order valence-electron chi connectivity index (χ4n) is 2.74. The van der Waals surface area contributed by atoms with Crippen molar-refractivity contribution in [1.29, 1.82) is 0 Å². The van der Waals surface area contributed by atoms with E-state index in [1.165, 1.54) is 5.56 Å². The predicted molar refractivity (Wildman–Crippen MR) is 85.5 cm³/mol. The molecule has 1 fully saturated rings. The van der Waals surface area contributed by atoms with E-state index in [1.807, 2.05) is 43.1 Å². The van der Waals surface area contributed by atoms with Crippen LogP contribution in [0.3, 0.4) is 0 Å². The van der Waals surface area contributed by atoms with E-state index >= 15 is 0 Å². The van der Waals surface area contributed by atoms with Crippen LogP contribution in [0.1, 0.15) is 31.4 Å². The first-order chi connectivity index (χ1) is 9.13. The zero-order valence-corrected chi connectivity index (χ0v) is 13.5. The van der Waals surface area contributed by atoms with Crippen molar-refractivity contribution in [2.45, 2.75) is 25.8 Å². The van der Waals surface area contributed by atoms with E-state index in [0.29, 0.717) is 0 Å². The molecule has 0 aliphatic carbocycles. The molecule has 1 saturated heterocycles. The molecule has 112 valence electrons. The molecule has 1 aromatic rings. The lowest BCUT2D eigenvalue weighted by atomic mass is 10.0. The molecule has 1 aromatic carbocycles. The van der Waals surface area contributed by atoms with Crippen molar-refractivity contribution in [2.24, 2.45) is 5.92 Å². The van der Waals surface area contributed by atoms with Gasteiger partial charge in [-0.15, -0.1) is 12.4 Å². The summed E-state index contributed by atoms with van der Waals surface area (Å²) in [4.78, 5) is 14.5. The third kappa shape index (κ3) is 3.87. The number of hydrogen-bond donors (Lipinski definition) is 1. The Balaban J connectivity index is 0.00000200. The molecule has 1 N–H and O–H groups in total. The van der Waals surface area contributed by atoms with Gasteiger partial charge in [-0.1, -0.05) is 30.7 Å². The molecule has 1 amide bonds. The van der Waals surface area contributed by atoms with Gasteiger partial charge in [-0.2, -0.15) is 0 Å². The standard InChI is InChI=1S/C15H21ClN2O.ClH/c1-11(10-17-2)15(19)18-9-3-4-14(18)12-5-7-13(16)8-6-12;/h5-8,11,14,17H,3-4,9-10H2,1-2H3;1H. The predicted octanol–water partition coefficient (Wildman–Crippen LogP) is 3.28. The lowest BCUT2D eigenvalue weighted by Gasteiger charge is -2.28. The number of nitrogens with zero attached hydrogens (tertiary/aromatic N) is 1. The molecule has 0 radical (unpaired) electrons. The summed E-state index contributed by atoms with van der Waals surface area (Å²) in [5.41, 5.74) is 1.19. The van der Waals surface area contributed by atoms with Gasteiger partial charge in [0.15, 0.2) is 0 Å². The van der Waals surface area contributed by atoms with Gasteiger partial charge < -0.3 is 10.2 Å². The number of halogens is 2. The van der Waals surface area contributed by atoms with Gasteiger partial charge in [0.2, 0.25) is 5.91 Å². The number of nitrogens with one attached hydrogen (secondary N) is 1. The molecule has 0 saturated carbocycles. The van der Waals surface area contributed by atoms with Crippen molar-refractivity contribution in [3.63, 3.8) is 0 Å². The number of rotatable bonds is 4. The molecule has 1 heterocycles. The van der Waals surface area contributed by atoms with E-state index in [9.17, 15) is 4.79 Å². The monoisotopic (exact) mass is 316 g/mol. The number of amides is 1. The van der Waals surface area contributed by atoms with Gasteiger partial charge >= 0.3 is 0 Å². The Morgan fingerprint density at radius 2 is 2.10 bits per heavy atom. The number of hydrogen-bond acceptors (Lipinski definition) is 2. The Labute approximate surface area is 132 Å². The summed E-state index contributed by atoms with van der Waals surface area (Å²) in [6.07, 6.45) is 2.12. The van der Waals surface area contributed by atoms with Gasteiger partial charge in [0.05, 0.1) is 6.04 Å². The second kappa shape index (κ2) is 7.87. The molecule has 2 atom stereocenters. The normalized spacial score (nSPS) is 19.6. The van der Waals surface area contributed by atoms with Crippen LogP contribution in [0.5, 0.6) is 0 Å². The van der Waals surface area contributed by atoms with E-state index in [0.717, 1.165) is 31.0 Å². The molecule has 0 spiro atoms. The van der Waals surface area contributed by atoms with Crippen LogP contribution in [0.4, 0.5) is 0 Å². The van der Waals surface area contributed by atoms with Gasteiger partial charge in [-0.25, -0.2) is 0 Å². The maximum Gasteiger partial charge on any atom is 0.227 e. The summed E-state index contributed by atoms with van der Waals surface area (Å²) < 4.78 is 0. The van der Waals surface area contributed by atoms with Crippen LogP contribution in [0.2, 0.25) is 5.02 Å². The highest BCUT2D eigenvalue weighted by molar-refractivity contribution is 6.30. The summed E-state index contributed by atoms with van der Waals surface area (Å²) in [6, 6.07) is 8.07. The molecule has 2 rings (SSSR count). The SMILES string of the molecule is CNCC(C)C(=O)N1CCCC1c1ccc(Cl)cc1.Cl. The second-order valence-electron chi connectivity index (χ2n) is 5.20. The van der Waals surface area contributed by atoms with E-state index < -0.39 is 0 Å². The highest BCUT2D eigenvalue weighted by atomic mass is 35.5. The average Bonchev–Trinajstić information content (AvgIpc) is 2.88. The van der Waals surface area contributed by atoms with Crippen molar-refractivity contribution >= 4 is 29.9 Å². The lowest BCUT2D eigenvalue weighted by Crippen LogP contribution is -2.38. The fraction of sp³-hybridized carbons (Fsp3) is 0.533. The van der Waals surface area contributed by atoms with Gasteiger partial charge in [-0.3, -0.25) is 4.79 Å². The third-order valence-corrected chi connectivity index (χ3v) is 3.97. The molecule has 1 aliphatic heterocycles. The smallest absolute Gasteiger partial charge is 0.227 e. The van der Waals surface area contributed by atoms with Crippen molar-refractivity contribution in [2.75, 3.05) is 20.1 Å². The molecule has 2 unspecified atom stereocenters. The lowest BCUT2D eigenvalue weighted by molar-refractivity contribution is -0.135. The molecular weight excluding hydrogens is 295 g/mol. The first-order valence-corrected chi connectivity index (χ1v) is 7.22. The highest BCUT2D eigenvalue weighted by Gasteiger charge is 2.31. The number of likely N-dealkylation sites (tertiary alicyclic amines) is 1. The Hall–Kier alpha value is -0.770. The Bertz CT molecular complexity index is 436. The van der Waals surface area contributed by atoms with E-state index in [4.69, 9.17) is 11.6 Å². The van der Waals surface area contributed by atoms with Crippen LogP contribution in [0, 0.1) is 5.92 Å². The molecule has 0 bridgehead atoms. The summed E-state index contributed by atoms with van der Waals surface area (Å²) in [5.74, 6) is 0.268. The summed E-state index contributed by atoms with van der Waals surface area (Å²) >= 11 is 5.92. The van der Waals surface area contributed by atoms with Crippen LogP contribution in [-0.2, 0) is 4.79 Å². The van der Waals surface area contributed by atoms with Crippen LogP contribution in [-0.4, -0.2) is 30.9 Å². The van der Waals surface area contributed by atoms with Gasteiger partial charge in [0.1, 0.15) is 0 Å². The fourth-order valence-corrected chi connectivity index (χ4v) is 2.86. The second-order valence-corrected chi connectivity index (χ2v) is 5.64. The van der Waals surface area contributed by atoms with Crippen LogP contribution in [0.25, 0.3) is 0 Å². The number of carbonyl (C=O) groups is 1. The first kappa shape index (κ1) is 17.3. The van der Waals surface area contributed by atoms with Crippen LogP contribution >= 0.6 is 24.0 Å². The molecule has 3 nitrogen and oxygen atoms in total.